The Morgan fingerprint density at radius 3 is 2.75 bits per heavy atom. The minimum atomic E-state index is -0.695. The van der Waals surface area contributed by atoms with Gasteiger partial charge in [-0.15, -0.1) is 0 Å². The van der Waals surface area contributed by atoms with E-state index < -0.39 is 11.6 Å². The maximum atomic E-state index is 16.7. The van der Waals surface area contributed by atoms with Gasteiger partial charge < -0.3 is 14.7 Å². The maximum absolute atomic E-state index is 16.7. The smallest absolute Gasteiger partial charge is 0.319 e. The lowest BCUT2D eigenvalue weighted by molar-refractivity contribution is -0.140. The molecule has 4 fully saturated rings. The van der Waals surface area contributed by atoms with Crippen molar-refractivity contribution in [3.05, 3.63) is 47.7 Å². The number of aromatic hydroxyl groups is 1. The number of carbonyl (C=O) groups excluding carboxylic acids is 1. The molecule has 1 saturated carbocycles. The van der Waals surface area contributed by atoms with Gasteiger partial charge in [0.25, 0.3) is 0 Å². The SMILES string of the molecule is CCc1c(F)ccc2cc(O)cc(-c3ncc4c(N5CC6(CCC6=O)C5)nc(OC[C@@]56CCCN5C[C@H](C)C6)nc4c3F)c12. The Morgan fingerprint density at radius 1 is 1.16 bits per heavy atom. The number of nitrogens with zero attached hydrogens (tertiary/aromatic N) is 5. The lowest BCUT2D eigenvalue weighted by Crippen LogP contribution is -2.65. The van der Waals surface area contributed by atoms with Crippen LogP contribution in [0.25, 0.3) is 32.9 Å². The van der Waals surface area contributed by atoms with Gasteiger partial charge in [-0.1, -0.05) is 19.9 Å². The van der Waals surface area contributed by atoms with Crippen LogP contribution in [0, 0.1) is 23.0 Å². The zero-order valence-electron chi connectivity index (χ0n) is 25.0. The number of anilines is 1. The molecule has 4 aliphatic rings. The molecule has 228 valence electrons. The van der Waals surface area contributed by atoms with Gasteiger partial charge in [0.2, 0.25) is 0 Å². The highest BCUT2D eigenvalue weighted by molar-refractivity contribution is 6.02. The standard InChI is InChI=1S/C34H35F2N5O3/c1-3-22-25(35)6-5-20-11-21(42)12-23(27(20)22)29-28(36)30-24(14-37-29)31(40-16-33(17-40)9-7-26(33)43)39-32(38-30)44-18-34-8-4-10-41(34)15-19(2)13-34/h5-6,11-12,14,19,42H,3-4,7-10,13,15-18H2,1-2H3/t19-,34+/m1/s1. The first kappa shape index (κ1) is 27.6. The second-order valence-electron chi connectivity index (χ2n) is 13.4. The zero-order chi connectivity index (χ0) is 30.4. The summed E-state index contributed by atoms with van der Waals surface area (Å²) in [7, 11) is 0. The summed E-state index contributed by atoms with van der Waals surface area (Å²) < 4.78 is 38.0. The maximum Gasteiger partial charge on any atom is 0.319 e. The van der Waals surface area contributed by atoms with Crippen LogP contribution in [-0.4, -0.2) is 69.1 Å². The van der Waals surface area contributed by atoms with E-state index in [1.54, 1.807) is 12.1 Å². The third kappa shape index (κ3) is 4.02. The molecule has 2 aromatic carbocycles. The van der Waals surface area contributed by atoms with Crippen molar-refractivity contribution < 1.29 is 23.4 Å². The van der Waals surface area contributed by atoms with Crippen LogP contribution in [0.1, 0.15) is 51.5 Å². The molecule has 8 rings (SSSR count). The van der Waals surface area contributed by atoms with Gasteiger partial charge in [-0.25, -0.2) is 8.78 Å². The third-order valence-corrected chi connectivity index (χ3v) is 10.6. The van der Waals surface area contributed by atoms with Crippen LogP contribution >= 0.6 is 0 Å². The van der Waals surface area contributed by atoms with Gasteiger partial charge in [-0.3, -0.25) is 14.7 Å². The number of ketones is 1. The number of Topliss-reactive ketones (excluding diaryl/α,β-unsaturated/α-hetero) is 1. The highest BCUT2D eigenvalue weighted by Gasteiger charge is 2.55. The predicted octanol–water partition coefficient (Wildman–Crippen LogP) is 5.81. The highest BCUT2D eigenvalue weighted by atomic mass is 19.1. The molecule has 1 aliphatic carbocycles. The van der Waals surface area contributed by atoms with Gasteiger partial charge in [0.1, 0.15) is 41.0 Å². The topological polar surface area (TPSA) is 91.7 Å². The molecule has 0 amide bonds. The number of phenols is 1. The minimum absolute atomic E-state index is 0.0336. The van der Waals surface area contributed by atoms with E-state index in [1.807, 2.05) is 11.8 Å². The summed E-state index contributed by atoms with van der Waals surface area (Å²) in [6.45, 7) is 7.64. The van der Waals surface area contributed by atoms with Crippen molar-refractivity contribution in [1.82, 2.24) is 19.9 Å². The van der Waals surface area contributed by atoms with Crippen LogP contribution in [0.4, 0.5) is 14.6 Å². The Labute approximate surface area is 254 Å². The van der Waals surface area contributed by atoms with E-state index in [1.165, 1.54) is 18.3 Å². The summed E-state index contributed by atoms with van der Waals surface area (Å²) in [6.07, 6.45) is 6.56. The van der Waals surface area contributed by atoms with Crippen LogP contribution in [0.5, 0.6) is 11.8 Å². The molecule has 8 nitrogen and oxygen atoms in total. The summed E-state index contributed by atoms with van der Waals surface area (Å²) in [5.41, 5.74) is 0.320. The molecule has 4 aromatic rings. The number of hydrogen-bond donors (Lipinski definition) is 1. The second-order valence-corrected chi connectivity index (χ2v) is 13.4. The molecule has 0 radical (unpaired) electrons. The Hall–Kier alpha value is -3.92. The Morgan fingerprint density at radius 2 is 2.00 bits per heavy atom. The summed E-state index contributed by atoms with van der Waals surface area (Å²) in [5.74, 6) is 0.171. The van der Waals surface area contributed by atoms with Gasteiger partial charge in [0, 0.05) is 37.8 Å². The average molecular weight is 600 g/mol. The van der Waals surface area contributed by atoms with Crippen molar-refractivity contribution in [2.24, 2.45) is 11.3 Å². The first-order valence-electron chi connectivity index (χ1n) is 15.7. The van der Waals surface area contributed by atoms with Crippen molar-refractivity contribution >= 4 is 33.3 Å². The predicted molar refractivity (Wildman–Crippen MR) is 163 cm³/mol. The minimum Gasteiger partial charge on any atom is -0.508 e. The lowest BCUT2D eigenvalue weighted by atomic mass is 9.62. The highest BCUT2D eigenvalue weighted by Crippen LogP contribution is 2.48. The number of rotatable bonds is 6. The molecule has 2 atom stereocenters. The van der Waals surface area contributed by atoms with Crippen LogP contribution in [0.15, 0.2) is 30.5 Å². The molecule has 10 heteroatoms. The summed E-state index contributed by atoms with van der Waals surface area (Å²) in [6, 6.07) is 6.00. The number of phenolic OH excluding ortho intramolecular Hbond substituents is 1. The average Bonchev–Trinajstić information content (AvgIpc) is 3.50. The summed E-state index contributed by atoms with van der Waals surface area (Å²) in [4.78, 5) is 30.8. The normalized spacial score (nSPS) is 24.2. The van der Waals surface area contributed by atoms with Crippen molar-refractivity contribution in [1.29, 1.82) is 0 Å². The summed E-state index contributed by atoms with van der Waals surface area (Å²) in [5, 5.41) is 12.1. The molecule has 5 heterocycles. The first-order chi connectivity index (χ1) is 21.2. The molecule has 2 aromatic heterocycles. The zero-order valence-corrected chi connectivity index (χ0v) is 25.0. The Balaban J connectivity index is 1.25. The van der Waals surface area contributed by atoms with Gasteiger partial charge in [0.15, 0.2) is 5.82 Å². The number of fused-ring (bicyclic) bond motifs is 3. The number of carbonyl (C=O) groups is 1. The van der Waals surface area contributed by atoms with E-state index in [9.17, 15) is 14.3 Å². The molecule has 44 heavy (non-hydrogen) atoms. The van der Waals surface area contributed by atoms with E-state index in [0.717, 1.165) is 38.8 Å². The van der Waals surface area contributed by atoms with E-state index in [4.69, 9.17) is 9.72 Å². The number of halogens is 2. The van der Waals surface area contributed by atoms with Gasteiger partial charge >= 0.3 is 6.01 Å². The van der Waals surface area contributed by atoms with Crippen LogP contribution < -0.4 is 9.64 Å². The van der Waals surface area contributed by atoms with Crippen LogP contribution in [0.2, 0.25) is 0 Å². The largest absolute Gasteiger partial charge is 0.508 e. The van der Waals surface area contributed by atoms with Gasteiger partial charge in [0.05, 0.1) is 16.3 Å². The van der Waals surface area contributed by atoms with Crippen molar-refractivity contribution in [3.8, 4) is 23.0 Å². The van der Waals surface area contributed by atoms with Gasteiger partial charge in [-0.2, -0.15) is 9.97 Å². The van der Waals surface area contributed by atoms with E-state index >= 15 is 4.39 Å². The molecule has 0 bridgehead atoms. The number of hydrogen-bond acceptors (Lipinski definition) is 8. The van der Waals surface area contributed by atoms with Gasteiger partial charge in [-0.05, 0) is 79.1 Å². The van der Waals surface area contributed by atoms with Crippen molar-refractivity contribution in [2.45, 2.75) is 57.9 Å². The quantitative estimate of drug-likeness (QED) is 0.297. The van der Waals surface area contributed by atoms with Crippen LogP contribution in [-0.2, 0) is 11.2 Å². The fourth-order valence-corrected chi connectivity index (χ4v) is 8.32. The van der Waals surface area contributed by atoms with E-state index in [0.29, 0.717) is 71.6 Å². The van der Waals surface area contributed by atoms with Crippen molar-refractivity contribution in [3.63, 3.8) is 0 Å². The first-order valence-corrected chi connectivity index (χ1v) is 15.7. The fraction of sp³-hybridized carbons (Fsp3) is 0.471. The van der Waals surface area contributed by atoms with E-state index in [2.05, 4.69) is 21.8 Å². The Bertz CT molecular complexity index is 1860. The molecule has 0 unspecified atom stereocenters. The Kier molecular flexibility index (Phi) is 6.14. The second kappa shape index (κ2) is 9.79. The molecule has 3 aliphatic heterocycles. The lowest BCUT2D eigenvalue weighted by Gasteiger charge is -2.54. The number of aromatic nitrogens is 3. The fourth-order valence-electron chi connectivity index (χ4n) is 8.32. The number of ether oxygens (including phenoxy) is 1. The molecular formula is C34H35F2N5O3. The van der Waals surface area contributed by atoms with Crippen molar-refractivity contribution in [2.75, 3.05) is 37.7 Å². The number of benzene rings is 2. The number of aryl methyl sites for hydroxylation is 1. The summed E-state index contributed by atoms with van der Waals surface area (Å²) >= 11 is 0. The molecule has 1 N–H and O–H groups in total. The van der Waals surface area contributed by atoms with Crippen LogP contribution in [0.3, 0.4) is 0 Å². The molecule has 1 spiro atoms. The number of pyridine rings is 1. The molecule has 3 saturated heterocycles. The third-order valence-electron chi connectivity index (χ3n) is 10.6. The molecular weight excluding hydrogens is 564 g/mol. The van der Waals surface area contributed by atoms with E-state index in [-0.39, 0.29) is 39.7 Å². The monoisotopic (exact) mass is 599 g/mol.